The maximum absolute atomic E-state index is 5.25. The van der Waals surface area contributed by atoms with Crippen LogP contribution in [0.3, 0.4) is 0 Å². The molecule has 0 saturated heterocycles. The van der Waals surface area contributed by atoms with E-state index in [4.69, 9.17) is 4.42 Å². The first kappa shape index (κ1) is 18.6. The van der Waals surface area contributed by atoms with Crippen molar-refractivity contribution >= 4 is 41.7 Å². The van der Waals surface area contributed by atoms with Gasteiger partial charge in [-0.15, -0.1) is 24.0 Å². The van der Waals surface area contributed by atoms with Gasteiger partial charge < -0.3 is 15.1 Å². The molecule has 0 radical (unpaired) electrons. The number of unbranched alkanes of at least 4 members (excludes halogenated alkanes) is 1. The van der Waals surface area contributed by atoms with Crippen LogP contribution in [0.25, 0.3) is 0 Å². The van der Waals surface area contributed by atoms with Gasteiger partial charge in [-0.1, -0.05) is 0 Å². The van der Waals surface area contributed by atoms with Gasteiger partial charge in [0, 0.05) is 13.1 Å². The van der Waals surface area contributed by atoms with Crippen LogP contribution in [0.2, 0.25) is 0 Å². The van der Waals surface area contributed by atoms with Crippen molar-refractivity contribution in [2.45, 2.75) is 26.3 Å². The monoisotopic (exact) mass is 397 g/mol. The molecule has 0 saturated carbocycles. The fraction of sp³-hybridized carbons (Fsp3) is 0.615. The van der Waals surface area contributed by atoms with E-state index >= 15 is 0 Å². The lowest BCUT2D eigenvalue weighted by atomic mass is 10.3. The van der Waals surface area contributed by atoms with Gasteiger partial charge in [-0.25, -0.2) is 4.99 Å². The highest BCUT2D eigenvalue weighted by atomic mass is 127. The summed E-state index contributed by atoms with van der Waals surface area (Å²) >= 11 is 1.89. The molecule has 0 aliphatic carbocycles. The van der Waals surface area contributed by atoms with Crippen molar-refractivity contribution < 1.29 is 4.42 Å². The average Bonchev–Trinajstić information content (AvgIpc) is 2.88. The lowest BCUT2D eigenvalue weighted by Gasteiger charge is -2.10. The van der Waals surface area contributed by atoms with Gasteiger partial charge in [0.15, 0.2) is 5.96 Å². The first-order valence-electron chi connectivity index (χ1n) is 6.40. The third kappa shape index (κ3) is 9.21. The fourth-order valence-electron chi connectivity index (χ4n) is 1.48. The van der Waals surface area contributed by atoms with Gasteiger partial charge in [-0.3, -0.25) is 0 Å². The van der Waals surface area contributed by atoms with E-state index < -0.39 is 0 Å². The number of hydrogen-bond acceptors (Lipinski definition) is 3. The number of halogens is 1. The molecule has 0 aliphatic heterocycles. The summed E-state index contributed by atoms with van der Waals surface area (Å²) in [5.74, 6) is 2.97. The van der Waals surface area contributed by atoms with Crippen LogP contribution in [0.5, 0.6) is 0 Å². The van der Waals surface area contributed by atoms with Gasteiger partial charge >= 0.3 is 0 Å². The lowest BCUT2D eigenvalue weighted by Crippen LogP contribution is -2.37. The largest absolute Gasteiger partial charge is 0.467 e. The van der Waals surface area contributed by atoms with Gasteiger partial charge in [-0.05, 0) is 43.9 Å². The number of nitrogens with zero attached hydrogens (tertiary/aromatic N) is 1. The zero-order chi connectivity index (χ0) is 13.1. The van der Waals surface area contributed by atoms with E-state index in [1.807, 2.05) is 23.9 Å². The summed E-state index contributed by atoms with van der Waals surface area (Å²) in [4.78, 5) is 4.47. The molecule has 110 valence electrons. The summed E-state index contributed by atoms with van der Waals surface area (Å²) in [6, 6.07) is 3.82. The van der Waals surface area contributed by atoms with Crippen LogP contribution in [-0.2, 0) is 6.54 Å². The molecule has 1 aromatic heterocycles. The van der Waals surface area contributed by atoms with Crippen molar-refractivity contribution in [3.8, 4) is 0 Å². The number of guanidine groups is 1. The Kier molecular flexibility index (Phi) is 12.4. The number of furan rings is 1. The summed E-state index contributed by atoms with van der Waals surface area (Å²) in [7, 11) is 0. The predicted molar refractivity (Wildman–Crippen MR) is 94.6 cm³/mol. The van der Waals surface area contributed by atoms with Crippen LogP contribution in [0, 0.1) is 0 Å². The number of nitrogens with one attached hydrogen (secondary N) is 2. The van der Waals surface area contributed by atoms with Crippen molar-refractivity contribution in [2.75, 3.05) is 25.1 Å². The predicted octanol–water partition coefficient (Wildman–Crippen LogP) is 3.10. The molecule has 19 heavy (non-hydrogen) atoms. The van der Waals surface area contributed by atoms with Crippen molar-refractivity contribution in [3.05, 3.63) is 24.2 Å². The van der Waals surface area contributed by atoms with Crippen molar-refractivity contribution in [1.82, 2.24) is 10.6 Å². The minimum absolute atomic E-state index is 0. The Labute approximate surface area is 137 Å². The molecule has 0 atom stereocenters. The Hall–Kier alpha value is -0.370. The summed E-state index contributed by atoms with van der Waals surface area (Å²) in [5, 5.41) is 6.56. The molecule has 1 aromatic rings. The SMILES string of the molecule is CCNC(=NCc1ccco1)NCCCCSC.I. The summed E-state index contributed by atoms with van der Waals surface area (Å²) < 4.78 is 5.25. The number of thioether (sulfide) groups is 1. The molecule has 0 bridgehead atoms. The van der Waals surface area contributed by atoms with E-state index in [0.29, 0.717) is 6.54 Å². The molecule has 0 fully saturated rings. The van der Waals surface area contributed by atoms with Crippen molar-refractivity contribution in [1.29, 1.82) is 0 Å². The second kappa shape index (κ2) is 12.7. The van der Waals surface area contributed by atoms with Gasteiger partial charge in [0.25, 0.3) is 0 Å². The quantitative estimate of drug-likeness (QED) is 0.306. The fourth-order valence-corrected chi connectivity index (χ4v) is 1.97. The third-order valence-corrected chi connectivity index (χ3v) is 3.08. The molecular weight excluding hydrogens is 373 g/mol. The highest BCUT2D eigenvalue weighted by Crippen LogP contribution is 2.01. The maximum Gasteiger partial charge on any atom is 0.191 e. The molecule has 0 aliphatic rings. The molecule has 6 heteroatoms. The van der Waals surface area contributed by atoms with Gasteiger partial charge in [-0.2, -0.15) is 11.8 Å². The molecule has 0 aromatic carbocycles. The van der Waals surface area contributed by atoms with E-state index in [1.54, 1.807) is 6.26 Å². The minimum atomic E-state index is 0. The number of rotatable bonds is 8. The van der Waals surface area contributed by atoms with E-state index in [2.05, 4.69) is 28.8 Å². The van der Waals surface area contributed by atoms with E-state index in [-0.39, 0.29) is 24.0 Å². The summed E-state index contributed by atoms with van der Waals surface area (Å²) in [6.45, 7) is 4.48. The first-order chi connectivity index (χ1) is 8.86. The molecule has 1 heterocycles. The molecular formula is C13H24IN3OS. The zero-order valence-electron chi connectivity index (χ0n) is 11.6. The van der Waals surface area contributed by atoms with E-state index in [0.717, 1.165) is 24.8 Å². The van der Waals surface area contributed by atoms with E-state index in [1.165, 1.54) is 18.6 Å². The first-order valence-corrected chi connectivity index (χ1v) is 7.79. The van der Waals surface area contributed by atoms with Crippen LogP contribution < -0.4 is 10.6 Å². The summed E-state index contributed by atoms with van der Waals surface area (Å²) in [5.41, 5.74) is 0. The maximum atomic E-state index is 5.25. The Morgan fingerprint density at radius 2 is 2.21 bits per heavy atom. The molecule has 4 nitrogen and oxygen atoms in total. The Morgan fingerprint density at radius 3 is 2.84 bits per heavy atom. The smallest absolute Gasteiger partial charge is 0.191 e. The second-order valence-corrected chi connectivity index (χ2v) is 4.89. The molecule has 1 rings (SSSR count). The number of aliphatic imine (C=N–C) groups is 1. The third-order valence-electron chi connectivity index (χ3n) is 2.39. The zero-order valence-corrected chi connectivity index (χ0v) is 14.8. The van der Waals surface area contributed by atoms with Gasteiger partial charge in [0.05, 0.1) is 6.26 Å². The van der Waals surface area contributed by atoms with Crippen LogP contribution in [0.15, 0.2) is 27.8 Å². The van der Waals surface area contributed by atoms with Crippen LogP contribution >= 0.6 is 35.7 Å². The Balaban J connectivity index is 0.00000324. The van der Waals surface area contributed by atoms with Crippen LogP contribution in [0.4, 0.5) is 0 Å². The Bertz CT molecular complexity index is 331. The van der Waals surface area contributed by atoms with Crippen LogP contribution in [0.1, 0.15) is 25.5 Å². The topological polar surface area (TPSA) is 49.6 Å². The van der Waals surface area contributed by atoms with Gasteiger partial charge in [0.2, 0.25) is 0 Å². The van der Waals surface area contributed by atoms with Crippen molar-refractivity contribution in [2.24, 2.45) is 4.99 Å². The molecule has 0 spiro atoms. The van der Waals surface area contributed by atoms with Crippen molar-refractivity contribution in [3.63, 3.8) is 0 Å². The van der Waals surface area contributed by atoms with E-state index in [9.17, 15) is 0 Å². The normalized spacial score (nSPS) is 10.9. The number of hydrogen-bond donors (Lipinski definition) is 2. The standard InChI is InChI=1S/C13H23N3OS.HI/c1-3-14-13(15-8-4-5-10-18-2)16-11-12-7-6-9-17-12;/h6-7,9H,3-5,8,10-11H2,1-2H3,(H2,14,15,16);1H. The average molecular weight is 397 g/mol. The lowest BCUT2D eigenvalue weighted by molar-refractivity contribution is 0.512. The highest BCUT2D eigenvalue weighted by Gasteiger charge is 1.98. The molecule has 0 unspecified atom stereocenters. The van der Waals surface area contributed by atoms with Gasteiger partial charge in [0.1, 0.15) is 12.3 Å². The minimum Gasteiger partial charge on any atom is -0.467 e. The Morgan fingerprint density at radius 1 is 1.37 bits per heavy atom. The highest BCUT2D eigenvalue weighted by molar-refractivity contribution is 14.0. The summed E-state index contributed by atoms with van der Waals surface area (Å²) in [6.07, 6.45) is 6.23. The molecule has 0 amide bonds. The molecule has 2 N–H and O–H groups in total. The second-order valence-electron chi connectivity index (χ2n) is 3.90. The van der Waals surface area contributed by atoms with Crippen LogP contribution in [-0.4, -0.2) is 31.1 Å².